The second-order valence-corrected chi connectivity index (χ2v) is 7.28. The second-order valence-electron chi connectivity index (χ2n) is 7.28. The first-order chi connectivity index (χ1) is 11.2. The number of likely N-dealkylation sites (tertiary alicyclic amines) is 1. The van der Waals surface area contributed by atoms with E-state index in [2.05, 4.69) is 12.2 Å². The normalized spacial score (nSPS) is 17.7. The molecular weight excluding hydrogens is 304 g/mol. The van der Waals surface area contributed by atoms with Crippen LogP contribution in [0, 0.1) is 6.92 Å². The first-order valence-electron chi connectivity index (χ1n) is 8.62. The summed E-state index contributed by atoms with van der Waals surface area (Å²) in [5, 5.41) is 3.00. The molecule has 24 heavy (non-hydrogen) atoms. The Hall–Kier alpha value is -2.04. The smallest absolute Gasteiger partial charge is 0.329 e. The molecule has 1 aromatic carbocycles. The van der Waals surface area contributed by atoms with Crippen LogP contribution in [-0.2, 0) is 16.0 Å². The van der Waals surface area contributed by atoms with Gasteiger partial charge in [-0.25, -0.2) is 9.59 Å². The Morgan fingerprint density at radius 3 is 2.67 bits per heavy atom. The maximum Gasteiger partial charge on any atom is 0.329 e. The third kappa shape index (κ3) is 4.28. The van der Waals surface area contributed by atoms with Gasteiger partial charge in [-0.15, -0.1) is 0 Å². The number of aryl methyl sites for hydroxylation is 2. The molecule has 0 bridgehead atoms. The minimum absolute atomic E-state index is 0.229. The van der Waals surface area contributed by atoms with Gasteiger partial charge in [0.1, 0.15) is 11.6 Å². The van der Waals surface area contributed by atoms with E-state index in [-0.39, 0.29) is 12.0 Å². The van der Waals surface area contributed by atoms with Gasteiger partial charge < -0.3 is 15.0 Å². The van der Waals surface area contributed by atoms with E-state index in [9.17, 15) is 9.59 Å². The number of rotatable bonds is 3. The molecule has 132 valence electrons. The molecule has 0 aromatic heterocycles. The van der Waals surface area contributed by atoms with Gasteiger partial charge in [-0.3, -0.25) is 0 Å². The standard InChI is InChI=1S/C19H28N2O3/c1-6-14-10-7-9-13(2)16(14)20-18(23)21-12-8-11-15(21)17(22)24-19(3,4)5/h7,9-10,15H,6,8,11-12H2,1-5H3,(H,20,23). The van der Waals surface area contributed by atoms with Gasteiger partial charge in [0.2, 0.25) is 0 Å². The number of ether oxygens (including phenoxy) is 1. The van der Waals surface area contributed by atoms with Gasteiger partial charge in [0.05, 0.1) is 0 Å². The van der Waals surface area contributed by atoms with Crippen LogP contribution in [0.25, 0.3) is 0 Å². The van der Waals surface area contributed by atoms with Crippen molar-refractivity contribution < 1.29 is 14.3 Å². The molecule has 5 heteroatoms. The third-order valence-electron chi connectivity index (χ3n) is 4.16. The molecule has 0 radical (unpaired) electrons. The van der Waals surface area contributed by atoms with E-state index >= 15 is 0 Å². The van der Waals surface area contributed by atoms with Gasteiger partial charge >= 0.3 is 12.0 Å². The molecule has 1 aliphatic rings. The molecule has 5 nitrogen and oxygen atoms in total. The van der Waals surface area contributed by atoms with Crippen molar-refractivity contribution in [2.45, 2.75) is 65.5 Å². The lowest BCUT2D eigenvalue weighted by molar-refractivity contribution is -0.159. The number of hydrogen-bond acceptors (Lipinski definition) is 3. The third-order valence-corrected chi connectivity index (χ3v) is 4.16. The van der Waals surface area contributed by atoms with Gasteiger partial charge in [-0.1, -0.05) is 25.1 Å². The van der Waals surface area contributed by atoms with E-state index in [1.54, 1.807) is 4.90 Å². The van der Waals surface area contributed by atoms with Crippen LogP contribution in [0.1, 0.15) is 51.7 Å². The van der Waals surface area contributed by atoms with Crippen molar-refractivity contribution in [1.29, 1.82) is 0 Å². The van der Waals surface area contributed by atoms with Crippen LogP contribution in [-0.4, -0.2) is 35.1 Å². The summed E-state index contributed by atoms with van der Waals surface area (Å²) in [7, 11) is 0. The van der Waals surface area contributed by atoms with Gasteiger partial charge in [0.25, 0.3) is 0 Å². The fraction of sp³-hybridized carbons (Fsp3) is 0.579. The molecule has 1 saturated heterocycles. The Morgan fingerprint density at radius 2 is 2.04 bits per heavy atom. The highest BCUT2D eigenvalue weighted by molar-refractivity contribution is 5.94. The number of para-hydroxylation sites is 1. The zero-order chi connectivity index (χ0) is 17.9. The number of benzene rings is 1. The van der Waals surface area contributed by atoms with Gasteiger partial charge in [0.15, 0.2) is 0 Å². The van der Waals surface area contributed by atoms with Crippen molar-refractivity contribution in [1.82, 2.24) is 4.90 Å². The van der Waals surface area contributed by atoms with E-state index in [1.165, 1.54) is 0 Å². The van der Waals surface area contributed by atoms with E-state index in [4.69, 9.17) is 4.74 Å². The summed E-state index contributed by atoms with van der Waals surface area (Å²) in [5.41, 5.74) is 2.42. The quantitative estimate of drug-likeness (QED) is 0.854. The van der Waals surface area contributed by atoms with E-state index in [0.717, 1.165) is 29.7 Å². The highest BCUT2D eigenvalue weighted by atomic mass is 16.6. The first-order valence-corrected chi connectivity index (χ1v) is 8.62. The van der Waals surface area contributed by atoms with E-state index in [0.29, 0.717) is 13.0 Å². The molecule has 1 N–H and O–H groups in total. The number of anilines is 1. The maximum atomic E-state index is 12.7. The molecule has 1 aromatic rings. The summed E-state index contributed by atoms with van der Waals surface area (Å²) in [5.74, 6) is -0.323. The van der Waals surface area contributed by atoms with Crippen molar-refractivity contribution in [3.8, 4) is 0 Å². The molecule has 0 spiro atoms. The number of nitrogens with one attached hydrogen (secondary N) is 1. The predicted molar refractivity (Wildman–Crippen MR) is 95.1 cm³/mol. The second kappa shape index (κ2) is 7.24. The van der Waals surface area contributed by atoms with Crippen LogP contribution in [0.15, 0.2) is 18.2 Å². The Morgan fingerprint density at radius 1 is 1.33 bits per heavy atom. The number of esters is 1. The maximum absolute atomic E-state index is 12.7. The van der Waals surface area contributed by atoms with Crippen LogP contribution in [0.2, 0.25) is 0 Å². The molecule has 0 aliphatic carbocycles. The van der Waals surface area contributed by atoms with Crippen LogP contribution in [0.5, 0.6) is 0 Å². The number of carbonyl (C=O) groups is 2. The summed E-state index contributed by atoms with van der Waals surface area (Å²) >= 11 is 0. The molecule has 1 atom stereocenters. The summed E-state index contributed by atoms with van der Waals surface area (Å²) in [6, 6.07) is 5.25. The first kappa shape index (κ1) is 18.3. The topological polar surface area (TPSA) is 58.6 Å². The summed E-state index contributed by atoms with van der Waals surface area (Å²) in [4.78, 5) is 26.7. The average molecular weight is 332 g/mol. The minimum atomic E-state index is -0.548. The molecule has 2 amide bonds. The molecule has 1 aliphatic heterocycles. The summed E-state index contributed by atoms with van der Waals surface area (Å²) in [6.45, 7) is 10.1. The lowest BCUT2D eigenvalue weighted by Crippen LogP contribution is -2.45. The highest BCUT2D eigenvalue weighted by Crippen LogP contribution is 2.25. The number of urea groups is 1. The number of hydrogen-bond donors (Lipinski definition) is 1. The van der Waals surface area contributed by atoms with Crippen molar-refractivity contribution in [2.24, 2.45) is 0 Å². The fourth-order valence-electron chi connectivity index (χ4n) is 3.01. The SMILES string of the molecule is CCc1cccc(C)c1NC(=O)N1CCCC1C(=O)OC(C)(C)C. The zero-order valence-corrected chi connectivity index (χ0v) is 15.3. The van der Waals surface area contributed by atoms with Gasteiger partial charge in [0, 0.05) is 12.2 Å². The van der Waals surface area contributed by atoms with Crippen molar-refractivity contribution in [3.63, 3.8) is 0 Å². The van der Waals surface area contributed by atoms with E-state index < -0.39 is 11.6 Å². The minimum Gasteiger partial charge on any atom is -0.458 e. The zero-order valence-electron chi connectivity index (χ0n) is 15.3. The molecule has 1 unspecified atom stereocenters. The fourth-order valence-corrected chi connectivity index (χ4v) is 3.01. The largest absolute Gasteiger partial charge is 0.458 e. The monoisotopic (exact) mass is 332 g/mol. The lowest BCUT2D eigenvalue weighted by atomic mass is 10.1. The van der Waals surface area contributed by atoms with Crippen molar-refractivity contribution in [3.05, 3.63) is 29.3 Å². The van der Waals surface area contributed by atoms with Crippen molar-refractivity contribution >= 4 is 17.7 Å². The van der Waals surface area contributed by atoms with Crippen LogP contribution in [0.3, 0.4) is 0 Å². The summed E-state index contributed by atoms with van der Waals surface area (Å²) in [6.07, 6.45) is 2.30. The molecule has 1 heterocycles. The van der Waals surface area contributed by atoms with Crippen LogP contribution < -0.4 is 5.32 Å². The Balaban J connectivity index is 2.13. The predicted octanol–water partition coefficient (Wildman–Crippen LogP) is 3.90. The molecule has 2 rings (SSSR count). The summed E-state index contributed by atoms with van der Waals surface area (Å²) < 4.78 is 5.46. The molecule has 1 fully saturated rings. The van der Waals surface area contributed by atoms with Crippen LogP contribution >= 0.6 is 0 Å². The number of nitrogens with zero attached hydrogens (tertiary/aromatic N) is 1. The highest BCUT2D eigenvalue weighted by Gasteiger charge is 2.37. The van der Waals surface area contributed by atoms with Crippen LogP contribution in [0.4, 0.5) is 10.5 Å². The molecular formula is C19H28N2O3. The van der Waals surface area contributed by atoms with E-state index in [1.807, 2.05) is 45.9 Å². The van der Waals surface area contributed by atoms with Crippen molar-refractivity contribution in [2.75, 3.05) is 11.9 Å². The van der Waals surface area contributed by atoms with Gasteiger partial charge in [-0.05, 0) is 58.1 Å². The lowest BCUT2D eigenvalue weighted by Gasteiger charge is -2.28. The Bertz CT molecular complexity index is 620. The molecule has 0 saturated carbocycles. The number of carbonyl (C=O) groups excluding carboxylic acids is 2. The number of amides is 2. The Kier molecular flexibility index (Phi) is 5.52. The Labute approximate surface area is 144 Å². The average Bonchev–Trinajstić information content (AvgIpc) is 2.97. The van der Waals surface area contributed by atoms with Gasteiger partial charge in [-0.2, -0.15) is 0 Å².